The molecule has 1 atom stereocenters. The molecule has 0 bridgehead atoms. The van der Waals surface area contributed by atoms with E-state index in [0.29, 0.717) is 6.10 Å². The normalized spacial score (nSPS) is 22.7. The van der Waals surface area contributed by atoms with Crippen LogP contribution in [0.5, 0.6) is 0 Å². The van der Waals surface area contributed by atoms with Crippen LogP contribution in [0.1, 0.15) is 35.2 Å². The van der Waals surface area contributed by atoms with Crippen LogP contribution in [-0.4, -0.2) is 30.8 Å². The largest absolute Gasteiger partial charge is 0.374 e. The summed E-state index contributed by atoms with van der Waals surface area (Å²) >= 11 is 0. The molecule has 20 heavy (non-hydrogen) atoms. The molecule has 0 amide bonds. The molecule has 0 unspecified atom stereocenters. The third-order valence-electron chi connectivity index (χ3n) is 4.63. The molecule has 3 rings (SSSR count). The molecule has 1 saturated carbocycles. The van der Waals surface area contributed by atoms with Gasteiger partial charge in [0.25, 0.3) is 0 Å². The maximum Gasteiger partial charge on any atom is 0.147 e. The molecular formula is C16H21N3O. The van der Waals surface area contributed by atoms with Crippen LogP contribution in [0.2, 0.25) is 0 Å². The van der Waals surface area contributed by atoms with Gasteiger partial charge >= 0.3 is 0 Å². The van der Waals surface area contributed by atoms with Gasteiger partial charge in [0.15, 0.2) is 0 Å². The molecule has 2 fully saturated rings. The fraction of sp³-hybridized carbons (Fsp3) is 0.625. The van der Waals surface area contributed by atoms with Crippen molar-refractivity contribution in [2.75, 3.05) is 24.6 Å². The Morgan fingerprint density at radius 1 is 1.25 bits per heavy atom. The lowest BCUT2D eigenvalue weighted by Crippen LogP contribution is -2.44. The maximum absolute atomic E-state index is 9.48. The summed E-state index contributed by atoms with van der Waals surface area (Å²) in [6, 6.07) is 2.34. The average molecular weight is 271 g/mol. The van der Waals surface area contributed by atoms with Crippen LogP contribution in [0.25, 0.3) is 0 Å². The summed E-state index contributed by atoms with van der Waals surface area (Å²) in [5.41, 5.74) is 3.93. The first-order valence-corrected chi connectivity index (χ1v) is 7.36. The molecule has 0 radical (unpaired) electrons. The van der Waals surface area contributed by atoms with E-state index in [1.54, 1.807) is 0 Å². The molecule has 0 N–H and O–H groups in total. The van der Waals surface area contributed by atoms with E-state index in [1.165, 1.54) is 12.8 Å². The second kappa shape index (κ2) is 5.06. The van der Waals surface area contributed by atoms with Crippen molar-refractivity contribution < 1.29 is 4.74 Å². The lowest BCUT2D eigenvalue weighted by Gasteiger charge is -2.35. The van der Waals surface area contributed by atoms with Gasteiger partial charge in [-0.05, 0) is 50.7 Å². The van der Waals surface area contributed by atoms with Crippen LogP contribution in [0.15, 0.2) is 0 Å². The molecule has 0 aromatic carbocycles. The molecule has 2 heterocycles. The van der Waals surface area contributed by atoms with E-state index in [-0.39, 0.29) is 0 Å². The Morgan fingerprint density at radius 3 is 2.65 bits per heavy atom. The zero-order valence-corrected chi connectivity index (χ0v) is 12.4. The molecule has 1 aliphatic carbocycles. The van der Waals surface area contributed by atoms with E-state index in [0.717, 1.165) is 53.8 Å². The molecule has 1 aromatic heterocycles. The Hall–Kier alpha value is -1.60. The minimum absolute atomic E-state index is 0.319. The van der Waals surface area contributed by atoms with Crippen molar-refractivity contribution in [3.63, 3.8) is 0 Å². The highest BCUT2D eigenvalue weighted by Crippen LogP contribution is 2.37. The quantitative estimate of drug-likeness (QED) is 0.829. The summed E-state index contributed by atoms with van der Waals surface area (Å²) in [7, 11) is 0. The summed E-state index contributed by atoms with van der Waals surface area (Å²) in [5.74, 6) is 1.57. The maximum atomic E-state index is 9.48. The molecule has 4 nitrogen and oxygen atoms in total. The Morgan fingerprint density at radius 2 is 2.00 bits per heavy atom. The highest BCUT2D eigenvalue weighted by atomic mass is 16.5. The fourth-order valence-corrected chi connectivity index (χ4v) is 2.91. The number of nitriles is 1. The van der Waals surface area contributed by atoms with E-state index in [4.69, 9.17) is 9.72 Å². The number of pyridine rings is 1. The minimum Gasteiger partial charge on any atom is -0.374 e. The molecule has 1 aromatic rings. The Balaban J connectivity index is 1.94. The van der Waals surface area contributed by atoms with Crippen molar-refractivity contribution in [2.24, 2.45) is 5.92 Å². The number of rotatable bonds is 2. The molecule has 1 saturated heterocycles. The van der Waals surface area contributed by atoms with Gasteiger partial charge < -0.3 is 9.64 Å². The number of aryl methyl sites for hydroxylation is 1. The van der Waals surface area contributed by atoms with Crippen molar-refractivity contribution >= 4 is 5.82 Å². The Bertz CT molecular complexity index is 572. The van der Waals surface area contributed by atoms with Crippen molar-refractivity contribution in [3.8, 4) is 6.07 Å². The van der Waals surface area contributed by atoms with Crippen molar-refractivity contribution in [3.05, 3.63) is 22.4 Å². The molecule has 2 aliphatic rings. The van der Waals surface area contributed by atoms with Gasteiger partial charge in [-0.1, -0.05) is 0 Å². The summed E-state index contributed by atoms with van der Waals surface area (Å²) < 4.78 is 5.86. The average Bonchev–Trinajstić information content (AvgIpc) is 3.29. The van der Waals surface area contributed by atoms with Gasteiger partial charge in [-0.3, -0.25) is 0 Å². The van der Waals surface area contributed by atoms with Crippen LogP contribution in [0.4, 0.5) is 5.82 Å². The first-order chi connectivity index (χ1) is 9.61. The van der Waals surface area contributed by atoms with Crippen LogP contribution >= 0.6 is 0 Å². The summed E-state index contributed by atoms with van der Waals surface area (Å²) in [4.78, 5) is 6.93. The zero-order valence-electron chi connectivity index (χ0n) is 12.4. The van der Waals surface area contributed by atoms with E-state index in [1.807, 2.05) is 20.8 Å². The first-order valence-electron chi connectivity index (χ1n) is 7.36. The van der Waals surface area contributed by atoms with Crippen molar-refractivity contribution in [1.29, 1.82) is 5.26 Å². The van der Waals surface area contributed by atoms with Gasteiger partial charge in [0.1, 0.15) is 11.9 Å². The van der Waals surface area contributed by atoms with Crippen LogP contribution in [0, 0.1) is 38.0 Å². The highest BCUT2D eigenvalue weighted by molar-refractivity contribution is 5.60. The van der Waals surface area contributed by atoms with Crippen LogP contribution in [-0.2, 0) is 4.74 Å². The number of anilines is 1. The highest BCUT2D eigenvalue weighted by Gasteiger charge is 2.36. The van der Waals surface area contributed by atoms with Gasteiger partial charge in [0.05, 0.1) is 18.3 Å². The van der Waals surface area contributed by atoms with Crippen molar-refractivity contribution in [2.45, 2.75) is 39.7 Å². The van der Waals surface area contributed by atoms with Gasteiger partial charge in [0, 0.05) is 18.8 Å². The molecule has 4 heteroatoms. The van der Waals surface area contributed by atoms with E-state index in [2.05, 4.69) is 11.0 Å². The minimum atomic E-state index is 0.319. The van der Waals surface area contributed by atoms with E-state index >= 15 is 0 Å². The number of hydrogen-bond donors (Lipinski definition) is 0. The first kappa shape index (κ1) is 13.4. The van der Waals surface area contributed by atoms with E-state index < -0.39 is 0 Å². The fourth-order valence-electron chi connectivity index (χ4n) is 2.91. The number of ether oxygens (including phenoxy) is 1. The predicted molar refractivity (Wildman–Crippen MR) is 77.8 cm³/mol. The summed E-state index contributed by atoms with van der Waals surface area (Å²) in [6.45, 7) is 8.51. The van der Waals surface area contributed by atoms with Crippen molar-refractivity contribution in [1.82, 2.24) is 4.98 Å². The Labute approximate surface area is 120 Å². The zero-order chi connectivity index (χ0) is 14.3. The monoisotopic (exact) mass is 271 g/mol. The SMILES string of the molecule is Cc1nc(N2CCO[C@@H](C3CC3)C2)c(C#N)c(C)c1C. The summed E-state index contributed by atoms with van der Waals surface area (Å²) in [5, 5.41) is 9.48. The number of morpholine rings is 1. The van der Waals surface area contributed by atoms with Gasteiger partial charge in [-0.25, -0.2) is 4.98 Å². The third-order valence-corrected chi connectivity index (χ3v) is 4.63. The summed E-state index contributed by atoms with van der Waals surface area (Å²) in [6.07, 6.45) is 2.88. The second-order valence-corrected chi connectivity index (χ2v) is 5.95. The number of nitrogens with zero attached hydrogens (tertiary/aromatic N) is 3. The lowest BCUT2D eigenvalue weighted by atomic mass is 10.0. The predicted octanol–water partition coefficient (Wildman–Crippen LogP) is 2.49. The van der Waals surface area contributed by atoms with E-state index in [9.17, 15) is 5.26 Å². The molecule has 1 aliphatic heterocycles. The number of hydrogen-bond acceptors (Lipinski definition) is 4. The lowest BCUT2D eigenvalue weighted by molar-refractivity contribution is 0.0261. The third kappa shape index (κ3) is 2.27. The second-order valence-electron chi connectivity index (χ2n) is 5.95. The smallest absolute Gasteiger partial charge is 0.147 e. The number of aromatic nitrogens is 1. The standard InChI is InChI=1S/C16H21N3O/c1-10-11(2)14(8-17)16(18-12(10)3)19-6-7-20-15(9-19)13-4-5-13/h13,15H,4-7,9H2,1-3H3/t15-/m1/s1. The topological polar surface area (TPSA) is 49.2 Å². The molecule has 106 valence electrons. The van der Waals surface area contributed by atoms with Crippen LogP contribution < -0.4 is 4.90 Å². The van der Waals surface area contributed by atoms with Gasteiger partial charge in [-0.2, -0.15) is 5.26 Å². The van der Waals surface area contributed by atoms with Gasteiger partial charge in [-0.15, -0.1) is 0 Å². The Kier molecular flexibility index (Phi) is 3.39. The van der Waals surface area contributed by atoms with Crippen LogP contribution in [0.3, 0.4) is 0 Å². The van der Waals surface area contributed by atoms with Gasteiger partial charge in [0.2, 0.25) is 0 Å². The molecular weight excluding hydrogens is 250 g/mol. The molecule has 0 spiro atoms.